The highest BCUT2D eigenvalue weighted by molar-refractivity contribution is 5.79. The van der Waals surface area contributed by atoms with Crippen molar-refractivity contribution in [1.29, 1.82) is 0 Å². The molecule has 0 aromatic heterocycles. The van der Waals surface area contributed by atoms with Crippen LogP contribution < -0.4 is 5.73 Å². The third-order valence-corrected chi connectivity index (χ3v) is 4.59. The first-order chi connectivity index (χ1) is 9.67. The molecule has 2 atom stereocenters. The van der Waals surface area contributed by atoms with E-state index < -0.39 is 0 Å². The van der Waals surface area contributed by atoms with Gasteiger partial charge in [0.05, 0.1) is 0 Å². The zero-order valence-corrected chi connectivity index (χ0v) is 12.6. The van der Waals surface area contributed by atoms with Gasteiger partial charge in [0.2, 0.25) is 5.91 Å². The molecule has 110 valence electrons. The molecule has 1 saturated carbocycles. The van der Waals surface area contributed by atoms with Crippen LogP contribution in [0, 0.1) is 18.8 Å². The van der Waals surface area contributed by atoms with E-state index in [1.807, 2.05) is 17.0 Å². The summed E-state index contributed by atoms with van der Waals surface area (Å²) in [5, 5.41) is 0. The first kappa shape index (κ1) is 15.0. The van der Waals surface area contributed by atoms with Crippen molar-refractivity contribution in [3.05, 3.63) is 35.4 Å². The Hall–Kier alpha value is -1.35. The Morgan fingerprint density at radius 1 is 1.35 bits per heavy atom. The van der Waals surface area contributed by atoms with E-state index in [4.69, 9.17) is 5.73 Å². The normalized spacial score (nSPS) is 21.9. The Morgan fingerprint density at radius 3 is 2.75 bits per heavy atom. The van der Waals surface area contributed by atoms with Crippen LogP contribution in [0.2, 0.25) is 0 Å². The molecule has 2 unspecified atom stereocenters. The van der Waals surface area contributed by atoms with Crippen LogP contribution in [0.4, 0.5) is 0 Å². The van der Waals surface area contributed by atoms with E-state index in [1.54, 1.807) is 0 Å². The number of benzene rings is 1. The zero-order valence-electron chi connectivity index (χ0n) is 12.6. The fourth-order valence-electron chi connectivity index (χ4n) is 3.22. The van der Waals surface area contributed by atoms with Crippen molar-refractivity contribution < 1.29 is 4.79 Å². The number of amides is 1. The van der Waals surface area contributed by atoms with Gasteiger partial charge in [-0.15, -0.1) is 0 Å². The van der Waals surface area contributed by atoms with Gasteiger partial charge in [-0.2, -0.15) is 0 Å². The van der Waals surface area contributed by atoms with Crippen molar-refractivity contribution in [3.63, 3.8) is 0 Å². The summed E-state index contributed by atoms with van der Waals surface area (Å²) in [4.78, 5) is 14.7. The molecular weight excluding hydrogens is 248 g/mol. The summed E-state index contributed by atoms with van der Waals surface area (Å²) in [6.45, 7) is 6.28. The first-order valence-corrected chi connectivity index (χ1v) is 7.70. The van der Waals surface area contributed by atoms with Gasteiger partial charge in [-0.05, 0) is 50.3 Å². The fourth-order valence-corrected chi connectivity index (χ4v) is 3.22. The maximum atomic E-state index is 12.7. The van der Waals surface area contributed by atoms with Gasteiger partial charge in [0.1, 0.15) is 0 Å². The van der Waals surface area contributed by atoms with Crippen LogP contribution in [0.25, 0.3) is 0 Å². The van der Waals surface area contributed by atoms with Crippen LogP contribution in [0.3, 0.4) is 0 Å². The highest BCUT2D eigenvalue weighted by Crippen LogP contribution is 2.32. The van der Waals surface area contributed by atoms with E-state index in [9.17, 15) is 4.79 Å². The number of rotatable bonds is 5. The summed E-state index contributed by atoms with van der Waals surface area (Å²) in [5.41, 5.74) is 8.30. The second-order valence-corrected chi connectivity index (χ2v) is 5.81. The maximum absolute atomic E-state index is 12.7. The van der Waals surface area contributed by atoms with Crippen LogP contribution in [0.1, 0.15) is 37.3 Å². The van der Waals surface area contributed by atoms with Crippen molar-refractivity contribution in [1.82, 2.24) is 4.90 Å². The van der Waals surface area contributed by atoms with Crippen molar-refractivity contribution in [2.24, 2.45) is 17.6 Å². The summed E-state index contributed by atoms with van der Waals surface area (Å²) in [6, 6.07) is 8.30. The Kier molecular flexibility index (Phi) is 5.18. The average molecular weight is 274 g/mol. The number of carbonyl (C=O) groups excluding carboxylic acids is 1. The van der Waals surface area contributed by atoms with Crippen LogP contribution in [-0.2, 0) is 11.3 Å². The molecule has 1 aromatic rings. The smallest absolute Gasteiger partial charge is 0.226 e. The highest BCUT2D eigenvalue weighted by atomic mass is 16.2. The molecule has 1 aliphatic carbocycles. The Bertz CT molecular complexity index is 458. The van der Waals surface area contributed by atoms with Gasteiger partial charge in [-0.3, -0.25) is 4.79 Å². The highest BCUT2D eigenvalue weighted by Gasteiger charge is 2.34. The molecular formula is C17H26N2O. The molecule has 1 amide bonds. The number of carbonyl (C=O) groups is 1. The molecule has 0 saturated heterocycles. The Balaban J connectivity index is 2.08. The van der Waals surface area contributed by atoms with Gasteiger partial charge in [-0.1, -0.05) is 30.7 Å². The maximum Gasteiger partial charge on any atom is 0.226 e. The lowest BCUT2D eigenvalue weighted by atomic mass is 9.94. The molecule has 0 heterocycles. The second-order valence-electron chi connectivity index (χ2n) is 5.81. The van der Waals surface area contributed by atoms with Gasteiger partial charge in [0, 0.05) is 19.0 Å². The molecule has 1 aromatic carbocycles. The standard InChI is InChI=1S/C17H26N2O/c1-3-19(12-15-8-5-4-7-13(15)2)17(20)16-10-6-9-14(16)11-18/h4-5,7-8,14,16H,3,6,9-12,18H2,1-2H3. The topological polar surface area (TPSA) is 46.3 Å². The number of hydrogen-bond acceptors (Lipinski definition) is 2. The lowest BCUT2D eigenvalue weighted by Gasteiger charge is -2.27. The van der Waals surface area contributed by atoms with Crippen LogP contribution in [-0.4, -0.2) is 23.9 Å². The van der Waals surface area contributed by atoms with Crippen molar-refractivity contribution in [3.8, 4) is 0 Å². The van der Waals surface area contributed by atoms with E-state index in [0.717, 1.165) is 32.4 Å². The van der Waals surface area contributed by atoms with Gasteiger partial charge >= 0.3 is 0 Å². The summed E-state index contributed by atoms with van der Waals surface area (Å²) >= 11 is 0. The van der Waals surface area contributed by atoms with E-state index >= 15 is 0 Å². The first-order valence-electron chi connectivity index (χ1n) is 7.70. The minimum absolute atomic E-state index is 0.143. The third-order valence-electron chi connectivity index (χ3n) is 4.59. The minimum atomic E-state index is 0.143. The lowest BCUT2D eigenvalue weighted by Crippen LogP contribution is -2.38. The van der Waals surface area contributed by atoms with Crippen LogP contribution in [0.5, 0.6) is 0 Å². The quantitative estimate of drug-likeness (QED) is 0.897. The van der Waals surface area contributed by atoms with Crippen LogP contribution >= 0.6 is 0 Å². The monoisotopic (exact) mass is 274 g/mol. The van der Waals surface area contributed by atoms with E-state index in [-0.39, 0.29) is 5.92 Å². The van der Waals surface area contributed by atoms with Crippen molar-refractivity contribution in [2.45, 2.75) is 39.7 Å². The van der Waals surface area contributed by atoms with E-state index in [1.165, 1.54) is 11.1 Å². The number of hydrogen-bond donors (Lipinski definition) is 1. The molecule has 20 heavy (non-hydrogen) atoms. The van der Waals surface area contributed by atoms with Gasteiger partial charge in [-0.25, -0.2) is 0 Å². The Labute approximate surface area is 122 Å². The lowest BCUT2D eigenvalue weighted by molar-refractivity contribution is -0.137. The minimum Gasteiger partial charge on any atom is -0.338 e. The molecule has 0 aliphatic heterocycles. The molecule has 0 radical (unpaired) electrons. The van der Waals surface area contributed by atoms with E-state index in [0.29, 0.717) is 18.4 Å². The second kappa shape index (κ2) is 6.89. The predicted octanol–water partition coefficient (Wildman–Crippen LogP) is 2.72. The molecule has 0 spiro atoms. The summed E-state index contributed by atoms with van der Waals surface area (Å²) in [5.74, 6) is 0.820. The third kappa shape index (κ3) is 3.21. The average Bonchev–Trinajstić information content (AvgIpc) is 2.94. The fraction of sp³-hybridized carbons (Fsp3) is 0.588. The van der Waals surface area contributed by atoms with Gasteiger partial charge < -0.3 is 10.6 Å². The SMILES string of the molecule is CCN(Cc1ccccc1C)C(=O)C1CCCC1CN. The van der Waals surface area contributed by atoms with Gasteiger partial charge in [0.15, 0.2) is 0 Å². The molecule has 3 nitrogen and oxygen atoms in total. The molecule has 3 heteroatoms. The number of aryl methyl sites for hydroxylation is 1. The number of nitrogens with zero attached hydrogens (tertiary/aromatic N) is 1. The summed E-state index contributed by atoms with van der Waals surface area (Å²) in [7, 11) is 0. The molecule has 2 rings (SSSR count). The summed E-state index contributed by atoms with van der Waals surface area (Å²) in [6.07, 6.45) is 3.25. The molecule has 1 fully saturated rings. The van der Waals surface area contributed by atoms with Crippen molar-refractivity contribution >= 4 is 5.91 Å². The summed E-state index contributed by atoms with van der Waals surface area (Å²) < 4.78 is 0. The largest absolute Gasteiger partial charge is 0.338 e. The Morgan fingerprint density at radius 2 is 2.10 bits per heavy atom. The van der Waals surface area contributed by atoms with Crippen molar-refractivity contribution in [2.75, 3.05) is 13.1 Å². The molecule has 1 aliphatic rings. The number of nitrogens with two attached hydrogens (primary N) is 1. The van der Waals surface area contributed by atoms with Gasteiger partial charge in [0.25, 0.3) is 0 Å². The molecule has 0 bridgehead atoms. The predicted molar refractivity (Wildman–Crippen MR) is 82.2 cm³/mol. The zero-order chi connectivity index (χ0) is 14.5. The van der Waals surface area contributed by atoms with Crippen LogP contribution in [0.15, 0.2) is 24.3 Å². The molecule has 2 N–H and O–H groups in total. The van der Waals surface area contributed by atoms with E-state index in [2.05, 4.69) is 26.0 Å².